The van der Waals surface area contributed by atoms with Gasteiger partial charge in [-0.25, -0.2) is 27.0 Å². The Labute approximate surface area is 227 Å². The molecule has 0 atom stereocenters. The minimum absolute atomic E-state index is 0.115. The number of thiazole rings is 1. The van der Waals surface area contributed by atoms with E-state index in [0.29, 0.717) is 23.4 Å². The van der Waals surface area contributed by atoms with E-state index in [0.717, 1.165) is 15.6 Å². The van der Waals surface area contributed by atoms with Crippen molar-refractivity contribution in [2.75, 3.05) is 22.6 Å². The van der Waals surface area contributed by atoms with Gasteiger partial charge in [-0.15, -0.1) is 22.9 Å². The molecule has 2 aromatic carbocycles. The summed E-state index contributed by atoms with van der Waals surface area (Å²) in [5.41, 5.74) is -0.285. The molecule has 0 radical (unpaired) electrons. The molecule has 0 fully saturated rings. The molecule has 14 heteroatoms. The van der Waals surface area contributed by atoms with Gasteiger partial charge < -0.3 is 14.8 Å². The molecule has 0 saturated heterocycles. The number of amides is 1. The summed E-state index contributed by atoms with van der Waals surface area (Å²) in [6, 6.07) is 7.54. The number of benzene rings is 2. The minimum Gasteiger partial charge on any atom is -0.497 e. The highest BCUT2D eigenvalue weighted by Crippen LogP contribution is 2.35. The lowest BCUT2D eigenvalue weighted by molar-refractivity contribution is -0.114. The van der Waals surface area contributed by atoms with Crippen molar-refractivity contribution in [3.8, 4) is 5.75 Å². The zero-order valence-corrected chi connectivity index (χ0v) is 23.1. The van der Waals surface area contributed by atoms with Crippen LogP contribution in [0.15, 0.2) is 46.8 Å². The molecule has 0 unspecified atom stereocenters. The van der Waals surface area contributed by atoms with Gasteiger partial charge >= 0.3 is 5.97 Å². The van der Waals surface area contributed by atoms with Crippen molar-refractivity contribution in [1.29, 1.82) is 0 Å². The van der Waals surface area contributed by atoms with E-state index in [1.807, 2.05) is 5.32 Å². The number of nitrogens with zero attached hydrogens (tertiary/aromatic N) is 2. The third-order valence-corrected chi connectivity index (χ3v) is 7.77. The maximum atomic E-state index is 14.8. The molecule has 0 bridgehead atoms. The van der Waals surface area contributed by atoms with Gasteiger partial charge in [-0.3, -0.25) is 9.10 Å². The van der Waals surface area contributed by atoms with Gasteiger partial charge in [-0.05, 0) is 50.6 Å². The number of nitrogens with one attached hydrogen (secondary N) is 1. The van der Waals surface area contributed by atoms with Crippen LogP contribution in [0, 0.1) is 11.6 Å². The smallest absolute Gasteiger partial charge is 0.360 e. The van der Waals surface area contributed by atoms with Gasteiger partial charge in [0, 0.05) is 0 Å². The summed E-state index contributed by atoms with van der Waals surface area (Å²) in [4.78, 5) is 27.6. The molecule has 0 aliphatic carbocycles. The first-order valence-electron chi connectivity index (χ1n) is 10.9. The van der Waals surface area contributed by atoms with Gasteiger partial charge in [-0.1, -0.05) is 12.1 Å². The van der Waals surface area contributed by atoms with E-state index in [2.05, 4.69) is 4.98 Å². The number of aromatic nitrogens is 1. The molecule has 1 heterocycles. The monoisotopic (exact) mass is 587 g/mol. The van der Waals surface area contributed by atoms with Crippen molar-refractivity contribution in [1.82, 2.24) is 4.98 Å². The van der Waals surface area contributed by atoms with E-state index < -0.39 is 55.6 Å². The highest BCUT2D eigenvalue weighted by Gasteiger charge is 2.34. The van der Waals surface area contributed by atoms with Gasteiger partial charge in [0.25, 0.3) is 10.0 Å². The Morgan fingerprint density at radius 1 is 1.13 bits per heavy atom. The van der Waals surface area contributed by atoms with Crippen LogP contribution < -0.4 is 14.4 Å². The Morgan fingerprint density at radius 3 is 2.26 bits per heavy atom. The number of halogens is 3. The first-order chi connectivity index (χ1) is 17.8. The molecule has 1 aromatic heterocycles. The van der Waals surface area contributed by atoms with Gasteiger partial charge in [-0.2, -0.15) is 0 Å². The van der Waals surface area contributed by atoms with Crippen LogP contribution in [-0.4, -0.2) is 43.9 Å². The molecule has 0 saturated carbocycles. The number of sulfonamides is 1. The highest BCUT2D eigenvalue weighted by atomic mass is 35.5. The predicted molar refractivity (Wildman–Crippen MR) is 139 cm³/mol. The average Bonchev–Trinajstić information content (AvgIpc) is 3.33. The maximum Gasteiger partial charge on any atom is 0.360 e. The van der Waals surface area contributed by atoms with Crippen LogP contribution in [0.3, 0.4) is 0 Å². The Hall–Kier alpha value is -3.29. The lowest BCUT2D eigenvalue weighted by Crippen LogP contribution is -2.32. The molecular weight excluding hydrogens is 564 g/mol. The zero-order valence-electron chi connectivity index (χ0n) is 20.7. The van der Waals surface area contributed by atoms with Crippen molar-refractivity contribution in [3.05, 3.63) is 64.8 Å². The van der Waals surface area contributed by atoms with Gasteiger partial charge in [0.15, 0.2) is 17.3 Å². The summed E-state index contributed by atoms with van der Waals surface area (Å²) in [5.74, 6) is -4.46. The Bertz CT molecular complexity index is 1420. The quantitative estimate of drug-likeness (QED) is 0.278. The summed E-state index contributed by atoms with van der Waals surface area (Å²) in [6.07, 6.45) is 0. The van der Waals surface area contributed by atoms with Gasteiger partial charge in [0.1, 0.15) is 27.9 Å². The zero-order chi connectivity index (χ0) is 28.3. The van der Waals surface area contributed by atoms with Crippen LogP contribution in [0.1, 0.15) is 36.8 Å². The van der Waals surface area contributed by atoms with Crippen LogP contribution in [0.4, 0.5) is 19.5 Å². The number of alkyl halides is 1. The van der Waals surface area contributed by atoms with Crippen LogP contribution in [0.25, 0.3) is 0 Å². The van der Waals surface area contributed by atoms with E-state index in [1.54, 1.807) is 45.0 Å². The Balaban J connectivity index is 2.13. The fourth-order valence-corrected chi connectivity index (χ4v) is 5.73. The van der Waals surface area contributed by atoms with Crippen LogP contribution >= 0.6 is 22.9 Å². The van der Waals surface area contributed by atoms with E-state index in [-0.39, 0.29) is 17.2 Å². The van der Waals surface area contributed by atoms with Crippen LogP contribution in [-0.2, 0) is 26.1 Å². The Kier molecular flexibility index (Phi) is 8.95. The summed E-state index contributed by atoms with van der Waals surface area (Å²) < 4.78 is 68.5. The fraction of sp³-hybridized carbons (Fsp3) is 0.292. The summed E-state index contributed by atoms with van der Waals surface area (Å²) in [7, 11) is -3.22. The number of esters is 1. The van der Waals surface area contributed by atoms with E-state index in [9.17, 15) is 26.8 Å². The summed E-state index contributed by atoms with van der Waals surface area (Å²) in [5, 5.41) is 1.83. The van der Waals surface area contributed by atoms with Gasteiger partial charge in [0.05, 0.1) is 24.1 Å². The second-order valence-corrected chi connectivity index (χ2v) is 11.8. The third-order valence-electron chi connectivity index (χ3n) is 4.84. The van der Waals surface area contributed by atoms with Crippen LogP contribution in [0.5, 0.6) is 5.75 Å². The topological polar surface area (TPSA) is 115 Å². The summed E-state index contributed by atoms with van der Waals surface area (Å²) >= 11 is 6.21. The predicted octanol–water partition coefficient (Wildman–Crippen LogP) is 4.96. The third kappa shape index (κ3) is 6.77. The van der Waals surface area contributed by atoms with E-state index in [4.69, 9.17) is 21.1 Å². The fourth-order valence-electron chi connectivity index (χ4n) is 3.16. The molecule has 1 N–H and O–H groups in total. The maximum absolute atomic E-state index is 14.8. The molecular formula is C24H24ClF2N3O6S2. The second kappa shape index (κ2) is 11.6. The Morgan fingerprint density at radius 2 is 1.74 bits per heavy atom. The molecule has 0 spiro atoms. The summed E-state index contributed by atoms with van der Waals surface area (Å²) in [6.45, 7) is 4.59. The number of anilines is 2. The highest BCUT2D eigenvalue weighted by molar-refractivity contribution is 7.93. The first-order valence-corrected chi connectivity index (χ1v) is 13.8. The average molecular weight is 588 g/mol. The van der Waals surface area contributed by atoms with Crippen molar-refractivity contribution >= 4 is 55.5 Å². The number of hydrogen-bond donors (Lipinski definition) is 1. The van der Waals surface area contributed by atoms with Gasteiger partial charge in [0.2, 0.25) is 5.91 Å². The standard InChI is InChI=1S/C24H24ClF2N3O6S2/c1-24(2,3)36-23(32)21-22(37-13-28-21)30(12-14-5-7-15(35-4)8-6-14)38(33,34)16-9-17(26)20(18(27)10-16)29-19(31)11-25/h5-10,13H,11-12H2,1-4H3,(H,29,31). The molecule has 0 aliphatic rings. The molecule has 3 aromatic rings. The first kappa shape index (κ1) is 29.3. The molecule has 204 valence electrons. The molecule has 0 aliphatic heterocycles. The minimum atomic E-state index is -4.69. The number of carbonyl (C=O) groups excluding carboxylic acids is 2. The normalized spacial score (nSPS) is 11.7. The van der Waals surface area contributed by atoms with Crippen molar-refractivity contribution < 1.29 is 36.3 Å². The lowest BCUT2D eigenvalue weighted by Gasteiger charge is -2.25. The van der Waals surface area contributed by atoms with E-state index >= 15 is 0 Å². The molecule has 38 heavy (non-hydrogen) atoms. The van der Waals surface area contributed by atoms with Crippen molar-refractivity contribution in [3.63, 3.8) is 0 Å². The van der Waals surface area contributed by atoms with E-state index in [1.165, 1.54) is 12.6 Å². The SMILES string of the molecule is COc1ccc(CN(c2scnc2C(=O)OC(C)(C)C)S(=O)(=O)c2cc(F)c(NC(=O)CCl)c(F)c2)cc1. The number of ether oxygens (including phenoxy) is 2. The van der Waals surface area contributed by atoms with Crippen LogP contribution in [0.2, 0.25) is 0 Å². The molecule has 3 rings (SSSR count). The number of rotatable bonds is 9. The largest absolute Gasteiger partial charge is 0.497 e. The number of carbonyl (C=O) groups is 2. The molecule has 9 nitrogen and oxygen atoms in total. The van der Waals surface area contributed by atoms with Crippen molar-refractivity contribution in [2.45, 2.75) is 37.8 Å². The number of hydrogen-bond acceptors (Lipinski definition) is 8. The number of methoxy groups -OCH3 is 1. The second-order valence-electron chi connectivity index (χ2n) is 8.81. The lowest BCUT2D eigenvalue weighted by atomic mass is 10.2. The van der Waals surface area contributed by atoms with Crippen molar-refractivity contribution in [2.24, 2.45) is 0 Å². The molecule has 1 amide bonds.